The predicted molar refractivity (Wildman–Crippen MR) is 131 cm³/mol. The number of methoxy groups -OCH3 is 1. The number of amides is 3. The molecule has 35 heavy (non-hydrogen) atoms. The molecule has 7 nitrogen and oxygen atoms in total. The Balaban J connectivity index is 1.45. The van der Waals surface area contributed by atoms with Crippen LogP contribution in [-0.4, -0.2) is 35.6 Å². The molecule has 3 aromatic rings. The SMILES string of the molecule is COc1ccc(/C=C2/SC(=O)N(CC(=O)Nc3cccc(F)c3)C2=O)cc1OCc1ccccc1. The molecule has 0 aliphatic carbocycles. The summed E-state index contributed by atoms with van der Waals surface area (Å²) in [6.45, 7) is -0.149. The zero-order chi connectivity index (χ0) is 24.8. The lowest BCUT2D eigenvalue weighted by Gasteiger charge is -2.13. The molecule has 1 fully saturated rings. The highest BCUT2D eigenvalue weighted by Gasteiger charge is 2.36. The van der Waals surface area contributed by atoms with E-state index in [9.17, 15) is 18.8 Å². The number of thioether (sulfide) groups is 1. The number of imide groups is 1. The number of nitrogens with zero attached hydrogens (tertiary/aromatic N) is 1. The second kappa shape index (κ2) is 10.9. The largest absolute Gasteiger partial charge is 0.493 e. The maximum absolute atomic E-state index is 13.3. The Morgan fingerprint density at radius 3 is 2.57 bits per heavy atom. The summed E-state index contributed by atoms with van der Waals surface area (Å²) in [6.07, 6.45) is 1.56. The van der Waals surface area contributed by atoms with Gasteiger partial charge in [0.05, 0.1) is 12.0 Å². The molecule has 3 amide bonds. The van der Waals surface area contributed by atoms with Crippen LogP contribution in [0.15, 0.2) is 77.7 Å². The maximum atomic E-state index is 13.3. The molecule has 0 aromatic heterocycles. The Morgan fingerprint density at radius 1 is 1.03 bits per heavy atom. The first-order valence-corrected chi connectivity index (χ1v) is 11.4. The first-order chi connectivity index (χ1) is 16.9. The van der Waals surface area contributed by atoms with Gasteiger partial charge < -0.3 is 14.8 Å². The van der Waals surface area contributed by atoms with Gasteiger partial charge in [0.25, 0.3) is 11.1 Å². The lowest BCUT2D eigenvalue weighted by molar-refractivity contribution is -0.127. The van der Waals surface area contributed by atoms with Gasteiger partial charge in [-0.05, 0) is 59.3 Å². The molecule has 1 N–H and O–H groups in total. The van der Waals surface area contributed by atoms with E-state index in [-0.39, 0.29) is 10.6 Å². The summed E-state index contributed by atoms with van der Waals surface area (Å²) in [7, 11) is 1.53. The van der Waals surface area contributed by atoms with E-state index in [1.807, 2.05) is 30.3 Å². The van der Waals surface area contributed by atoms with E-state index < -0.39 is 29.4 Å². The normalized spacial score (nSPS) is 14.3. The Labute approximate surface area is 205 Å². The van der Waals surface area contributed by atoms with Gasteiger partial charge in [0, 0.05) is 5.69 Å². The zero-order valence-electron chi connectivity index (χ0n) is 18.7. The van der Waals surface area contributed by atoms with Gasteiger partial charge in [-0.3, -0.25) is 19.3 Å². The quantitative estimate of drug-likeness (QED) is 0.441. The van der Waals surface area contributed by atoms with Gasteiger partial charge in [-0.1, -0.05) is 42.5 Å². The lowest BCUT2D eigenvalue weighted by atomic mass is 10.1. The minimum absolute atomic E-state index is 0.174. The number of benzene rings is 3. The fraction of sp³-hybridized carbons (Fsp3) is 0.115. The van der Waals surface area contributed by atoms with Gasteiger partial charge in [-0.25, -0.2) is 4.39 Å². The number of ether oxygens (including phenoxy) is 2. The monoisotopic (exact) mass is 492 g/mol. The summed E-state index contributed by atoms with van der Waals surface area (Å²) in [4.78, 5) is 38.5. The van der Waals surface area contributed by atoms with Crippen molar-refractivity contribution in [2.75, 3.05) is 19.0 Å². The molecule has 1 aliphatic rings. The molecule has 178 valence electrons. The second-order valence-electron chi connectivity index (χ2n) is 7.51. The van der Waals surface area contributed by atoms with Crippen LogP contribution in [0.4, 0.5) is 14.9 Å². The standard InChI is InChI=1S/C26H21FN2O5S/c1-33-21-11-10-18(12-22(21)34-16-17-6-3-2-4-7-17)13-23-25(31)29(26(32)35-23)15-24(30)28-20-9-5-8-19(27)14-20/h2-14H,15-16H2,1H3,(H,28,30)/b23-13+. The van der Waals surface area contributed by atoms with Gasteiger partial charge in [0.2, 0.25) is 5.91 Å². The Hall–Kier alpha value is -4.11. The van der Waals surface area contributed by atoms with Crippen LogP contribution in [0, 0.1) is 5.82 Å². The number of hydrogen-bond donors (Lipinski definition) is 1. The number of hydrogen-bond acceptors (Lipinski definition) is 6. The van der Waals surface area contributed by atoms with Gasteiger partial charge in [-0.15, -0.1) is 0 Å². The van der Waals surface area contributed by atoms with Crippen LogP contribution in [0.1, 0.15) is 11.1 Å². The second-order valence-corrected chi connectivity index (χ2v) is 8.50. The summed E-state index contributed by atoms with van der Waals surface area (Å²) in [5.41, 5.74) is 1.85. The molecular formula is C26H21FN2O5S. The number of rotatable bonds is 8. The third-order valence-corrected chi connectivity index (χ3v) is 5.91. The minimum Gasteiger partial charge on any atom is -0.493 e. The molecule has 3 aromatic carbocycles. The van der Waals surface area contributed by atoms with Gasteiger partial charge in [-0.2, -0.15) is 0 Å². The van der Waals surface area contributed by atoms with Crippen molar-refractivity contribution in [3.8, 4) is 11.5 Å². The fourth-order valence-corrected chi connectivity index (χ4v) is 4.17. The Kier molecular flexibility index (Phi) is 7.47. The summed E-state index contributed by atoms with van der Waals surface area (Å²) >= 11 is 0.740. The van der Waals surface area contributed by atoms with E-state index in [1.54, 1.807) is 24.3 Å². The molecule has 0 atom stereocenters. The average Bonchev–Trinajstić information content (AvgIpc) is 3.10. The van der Waals surface area contributed by atoms with Crippen LogP contribution in [0.25, 0.3) is 6.08 Å². The Bertz CT molecular complexity index is 1300. The molecule has 1 aliphatic heterocycles. The van der Waals surface area contributed by atoms with Crippen LogP contribution in [0.3, 0.4) is 0 Å². The van der Waals surface area contributed by atoms with Crippen molar-refractivity contribution in [1.29, 1.82) is 0 Å². The van der Waals surface area contributed by atoms with Crippen molar-refractivity contribution in [2.45, 2.75) is 6.61 Å². The van der Waals surface area contributed by atoms with Crippen molar-refractivity contribution in [3.05, 3.63) is 94.6 Å². The summed E-state index contributed by atoms with van der Waals surface area (Å²) in [5, 5.41) is 1.91. The lowest BCUT2D eigenvalue weighted by Crippen LogP contribution is -2.36. The van der Waals surface area contributed by atoms with Crippen molar-refractivity contribution >= 4 is 40.6 Å². The smallest absolute Gasteiger partial charge is 0.294 e. The summed E-state index contributed by atoms with van der Waals surface area (Å²) in [6, 6.07) is 20.1. The van der Waals surface area contributed by atoms with Gasteiger partial charge in [0.15, 0.2) is 11.5 Å². The molecule has 0 spiro atoms. The summed E-state index contributed by atoms with van der Waals surface area (Å²) < 4.78 is 24.6. The summed E-state index contributed by atoms with van der Waals surface area (Å²) in [5.74, 6) is -0.695. The molecular weight excluding hydrogens is 471 g/mol. The predicted octanol–water partition coefficient (Wildman–Crippen LogP) is 5.09. The molecule has 4 rings (SSSR count). The number of halogens is 1. The van der Waals surface area contributed by atoms with Crippen molar-refractivity contribution in [3.63, 3.8) is 0 Å². The van der Waals surface area contributed by atoms with Crippen molar-refractivity contribution in [1.82, 2.24) is 4.90 Å². The maximum Gasteiger partial charge on any atom is 0.294 e. The number of carbonyl (C=O) groups excluding carboxylic acids is 3. The Morgan fingerprint density at radius 2 is 1.83 bits per heavy atom. The highest BCUT2D eigenvalue weighted by molar-refractivity contribution is 8.18. The molecule has 9 heteroatoms. The molecule has 0 radical (unpaired) electrons. The first kappa shape index (κ1) is 24.0. The van der Waals surface area contributed by atoms with Crippen molar-refractivity contribution in [2.24, 2.45) is 0 Å². The van der Waals surface area contributed by atoms with Crippen LogP contribution in [-0.2, 0) is 16.2 Å². The molecule has 0 bridgehead atoms. The topological polar surface area (TPSA) is 84.9 Å². The number of nitrogens with one attached hydrogen (secondary N) is 1. The van der Waals surface area contributed by atoms with Crippen molar-refractivity contribution < 1.29 is 28.2 Å². The zero-order valence-corrected chi connectivity index (χ0v) is 19.5. The molecule has 0 saturated carbocycles. The minimum atomic E-state index is -0.611. The number of carbonyl (C=O) groups is 3. The third kappa shape index (κ3) is 6.07. The van der Waals surface area contributed by atoms with Crippen LogP contribution >= 0.6 is 11.8 Å². The highest BCUT2D eigenvalue weighted by atomic mass is 32.2. The van der Waals surface area contributed by atoms with Crippen LogP contribution < -0.4 is 14.8 Å². The van der Waals surface area contributed by atoms with Crippen LogP contribution in [0.5, 0.6) is 11.5 Å². The molecule has 0 unspecified atom stereocenters. The van der Waals surface area contributed by atoms with Crippen LogP contribution in [0.2, 0.25) is 0 Å². The highest BCUT2D eigenvalue weighted by Crippen LogP contribution is 2.34. The van der Waals surface area contributed by atoms with E-state index in [1.165, 1.54) is 25.3 Å². The van der Waals surface area contributed by atoms with E-state index in [0.29, 0.717) is 23.7 Å². The first-order valence-electron chi connectivity index (χ1n) is 10.6. The van der Waals surface area contributed by atoms with E-state index in [4.69, 9.17) is 9.47 Å². The fourth-order valence-electron chi connectivity index (χ4n) is 3.33. The third-order valence-electron chi connectivity index (χ3n) is 5.01. The van der Waals surface area contributed by atoms with E-state index >= 15 is 0 Å². The average molecular weight is 493 g/mol. The van der Waals surface area contributed by atoms with E-state index in [0.717, 1.165) is 28.3 Å². The number of anilines is 1. The molecule has 1 saturated heterocycles. The van der Waals surface area contributed by atoms with Gasteiger partial charge >= 0.3 is 0 Å². The van der Waals surface area contributed by atoms with E-state index in [2.05, 4.69) is 5.32 Å². The molecule has 1 heterocycles. The van der Waals surface area contributed by atoms with Gasteiger partial charge in [0.1, 0.15) is 19.0 Å².